The molecule has 0 atom stereocenters. The molecular weight excluding hydrogens is 462 g/mol. The molecule has 0 amide bonds. The van der Waals surface area contributed by atoms with Gasteiger partial charge in [-0.1, -0.05) is 35.4 Å². The second-order valence-electron chi connectivity index (χ2n) is 7.82. The topological polar surface area (TPSA) is 104 Å². The van der Waals surface area contributed by atoms with E-state index in [1.54, 1.807) is 25.3 Å². The summed E-state index contributed by atoms with van der Waals surface area (Å²) in [4.78, 5) is 6.25. The van der Waals surface area contributed by atoms with Gasteiger partial charge in [0.25, 0.3) is 5.89 Å². The Kier molecular flexibility index (Phi) is 6.83. The Balaban J connectivity index is 1.39. The summed E-state index contributed by atoms with van der Waals surface area (Å²) in [7, 11) is 3.24. The summed E-state index contributed by atoms with van der Waals surface area (Å²) in [6, 6.07) is 19.6. The van der Waals surface area contributed by atoms with Crippen LogP contribution < -0.4 is 19.7 Å². The highest BCUT2D eigenvalue weighted by Gasteiger charge is 2.25. The van der Waals surface area contributed by atoms with Crippen molar-refractivity contribution in [3.05, 3.63) is 90.1 Å². The number of aromatic nitrogens is 3. The fourth-order valence-electron chi connectivity index (χ4n) is 3.69. The minimum atomic E-state index is 0.132. The van der Waals surface area contributed by atoms with Gasteiger partial charge in [0.1, 0.15) is 23.6 Å². The number of benzene rings is 2. The highest BCUT2D eigenvalue weighted by molar-refractivity contribution is 5.69. The van der Waals surface area contributed by atoms with Crippen LogP contribution in [0.3, 0.4) is 0 Å². The average Bonchev–Trinajstić information content (AvgIpc) is 3.64. The number of pyridine rings is 1. The largest absolute Gasteiger partial charge is 0.497 e. The smallest absolute Gasteiger partial charge is 0.325 e. The van der Waals surface area contributed by atoms with Crippen LogP contribution in [0, 0.1) is 0 Å². The molecule has 0 aliphatic carbocycles. The second kappa shape index (κ2) is 10.7. The van der Waals surface area contributed by atoms with Crippen LogP contribution >= 0.6 is 0 Å². The van der Waals surface area contributed by atoms with E-state index < -0.39 is 0 Å². The number of methoxy groups -OCH3 is 2. The second-order valence-corrected chi connectivity index (χ2v) is 7.82. The molecule has 2 aromatic heterocycles. The summed E-state index contributed by atoms with van der Waals surface area (Å²) in [5, 5.41) is 11.9. The van der Waals surface area contributed by atoms with E-state index in [-0.39, 0.29) is 12.8 Å². The van der Waals surface area contributed by atoms with Crippen molar-refractivity contribution < 1.29 is 23.4 Å². The average molecular weight is 488 g/mol. The summed E-state index contributed by atoms with van der Waals surface area (Å²) in [6.07, 6.45) is 3.23. The van der Waals surface area contributed by atoms with Crippen LogP contribution in [-0.4, -0.2) is 36.2 Å². The lowest BCUT2D eigenvalue weighted by molar-refractivity contribution is 0.0776. The van der Waals surface area contributed by atoms with E-state index in [9.17, 15) is 0 Å². The van der Waals surface area contributed by atoms with E-state index >= 15 is 0 Å². The van der Waals surface area contributed by atoms with Gasteiger partial charge in [0.15, 0.2) is 0 Å². The minimum absolute atomic E-state index is 0.132. The predicted octanol–water partition coefficient (Wildman–Crippen LogP) is 4.57. The van der Waals surface area contributed by atoms with Gasteiger partial charge in [0.2, 0.25) is 12.7 Å². The van der Waals surface area contributed by atoms with E-state index in [1.165, 1.54) is 6.26 Å². The first-order valence-corrected chi connectivity index (χ1v) is 11.2. The molecule has 36 heavy (non-hydrogen) atoms. The van der Waals surface area contributed by atoms with Crippen molar-refractivity contribution in [3.63, 3.8) is 0 Å². The first-order chi connectivity index (χ1) is 17.7. The normalized spacial score (nSPS) is 12.3. The Morgan fingerprint density at radius 2 is 1.75 bits per heavy atom. The Bertz CT molecular complexity index is 1320. The molecule has 0 saturated heterocycles. The summed E-state index contributed by atoms with van der Waals surface area (Å²) < 4.78 is 27.7. The van der Waals surface area contributed by atoms with Crippen LogP contribution in [0.15, 0.2) is 83.4 Å². The van der Waals surface area contributed by atoms with E-state index in [2.05, 4.69) is 20.5 Å². The van der Waals surface area contributed by atoms with Crippen molar-refractivity contribution in [2.24, 2.45) is 0 Å². The molecule has 10 nitrogen and oxygen atoms in total. The van der Waals surface area contributed by atoms with E-state index in [4.69, 9.17) is 23.4 Å². The summed E-state index contributed by atoms with van der Waals surface area (Å²) in [5.41, 5.74) is 2.68. The maximum atomic E-state index is 6.09. The number of nitrogens with one attached hydrogen (secondary N) is 1. The monoisotopic (exact) mass is 487 g/mol. The highest BCUT2D eigenvalue weighted by Crippen LogP contribution is 2.31. The Hall–Kier alpha value is -4.73. The van der Waals surface area contributed by atoms with Gasteiger partial charge in [0, 0.05) is 18.8 Å². The number of rotatable bonds is 10. The Labute approximate surface area is 208 Å². The first-order valence-electron chi connectivity index (χ1n) is 11.2. The molecule has 4 aromatic rings. The van der Waals surface area contributed by atoms with E-state index in [0.717, 1.165) is 11.1 Å². The van der Waals surface area contributed by atoms with Crippen molar-refractivity contribution in [1.29, 1.82) is 0 Å². The van der Waals surface area contributed by atoms with Gasteiger partial charge >= 0.3 is 6.01 Å². The highest BCUT2D eigenvalue weighted by atomic mass is 16.7. The van der Waals surface area contributed by atoms with Crippen LogP contribution in [0.5, 0.6) is 11.5 Å². The van der Waals surface area contributed by atoms with Gasteiger partial charge in [0.05, 0.1) is 26.3 Å². The zero-order chi connectivity index (χ0) is 24.7. The standard InChI is InChI=1S/C26H25N5O5/c1-32-20-11-19(12-21(13-20)33-2)14-28-24-22(9-6-10-27-24)25-29-30-26(36-25)31(23-16-34-17-35-23)15-18-7-4-3-5-8-18/h3-13,16H,14-15,17H2,1-2H3,(H,27,28). The molecule has 0 unspecified atom stereocenters. The number of nitrogens with zero attached hydrogens (tertiary/aromatic N) is 4. The molecule has 1 N–H and O–H groups in total. The van der Waals surface area contributed by atoms with Crippen LogP contribution in [0.4, 0.5) is 11.8 Å². The fraction of sp³-hybridized carbons (Fsp3) is 0.192. The minimum Gasteiger partial charge on any atom is -0.497 e. The molecular formula is C26H25N5O5. The quantitative estimate of drug-likeness (QED) is 0.342. The SMILES string of the molecule is COc1cc(CNc2ncccc2-c2nnc(N(Cc3ccccc3)C3=COCO3)o2)cc(OC)c1. The van der Waals surface area contributed by atoms with Crippen LogP contribution in [0.2, 0.25) is 0 Å². The van der Waals surface area contributed by atoms with E-state index in [0.29, 0.717) is 47.7 Å². The molecule has 0 spiro atoms. The fourth-order valence-corrected chi connectivity index (χ4v) is 3.69. The lowest BCUT2D eigenvalue weighted by Crippen LogP contribution is -2.22. The number of anilines is 2. The van der Waals surface area contributed by atoms with Crippen molar-refractivity contribution in [2.45, 2.75) is 13.1 Å². The van der Waals surface area contributed by atoms with Gasteiger partial charge < -0.3 is 28.7 Å². The summed E-state index contributed by atoms with van der Waals surface area (Å²) in [6.45, 7) is 1.08. The van der Waals surface area contributed by atoms with Gasteiger partial charge in [-0.25, -0.2) is 4.98 Å². The third-order valence-corrected chi connectivity index (χ3v) is 5.46. The van der Waals surface area contributed by atoms with Gasteiger partial charge in [-0.15, -0.1) is 5.10 Å². The molecule has 0 saturated carbocycles. The molecule has 5 rings (SSSR count). The number of ether oxygens (including phenoxy) is 4. The maximum absolute atomic E-state index is 6.09. The Morgan fingerprint density at radius 3 is 2.47 bits per heavy atom. The van der Waals surface area contributed by atoms with Gasteiger partial charge in [-0.3, -0.25) is 4.90 Å². The first kappa shape index (κ1) is 23.0. The number of hydrogen-bond acceptors (Lipinski definition) is 10. The van der Waals surface area contributed by atoms with Crippen LogP contribution in [0.1, 0.15) is 11.1 Å². The zero-order valence-corrected chi connectivity index (χ0v) is 19.9. The third-order valence-electron chi connectivity index (χ3n) is 5.46. The number of hydrogen-bond donors (Lipinski definition) is 1. The van der Waals surface area contributed by atoms with Crippen molar-refractivity contribution in [3.8, 4) is 23.0 Å². The molecule has 3 heterocycles. The Morgan fingerprint density at radius 1 is 0.944 bits per heavy atom. The molecule has 1 aliphatic rings. The molecule has 1 aliphatic heterocycles. The van der Waals surface area contributed by atoms with Gasteiger partial charge in [-0.2, -0.15) is 0 Å². The molecule has 2 aromatic carbocycles. The molecule has 184 valence electrons. The third kappa shape index (κ3) is 5.17. The molecule has 0 fully saturated rings. The molecule has 10 heteroatoms. The van der Waals surface area contributed by atoms with Crippen LogP contribution in [0.25, 0.3) is 11.5 Å². The van der Waals surface area contributed by atoms with E-state index in [1.807, 2.05) is 60.7 Å². The summed E-state index contributed by atoms with van der Waals surface area (Å²) >= 11 is 0. The van der Waals surface area contributed by atoms with Crippen molar-refractivity contribution in [1.82, 2.24) is 15.2 Å². The predicted molar refractivity (Wildman–Crippen MR) is 132 cm³/mol. The lowest BCUT2D eigenvalue weighted by atomic mass is 10.2. The lowest BCUT2D eigenvalue weighted by Gasteiger charge is -2.19. The molecule has 0 radical (unpaired) electrons. The zero-order valence-electron chi connectivity index (χ0n) is 19.9. The van der Waals surface area contributed by atoms with Crippen molar-refractivity contribution in [2.75, 3.05) is 31.2 Å². The van der Waals surface area contributed by atoms with Crippen molar-refractivity contribution >= 4 is 11.8 Å². The van der Waals surface area contributed by atoms with Crippen LogP contribution in [-0.2, 0) is 22.6 Å². The summed E-state index contributed by atoms with van der Waals surface area (Å²) in [5.74, 6) is 2.83. The maximum Gasteiger partial charge on any atom is 0.325 e. The molecule has 0 bridgehead atoms. The van der Waals surface area contributed by atoms with Gasteiger partial charge in [-0.05, 0) is 35.4 Å².